The molecule has 2 aromatic rings. The monoisotopic (exact) mass is 409 g/mol. The van der Waals surface area contributed by atoms with Crippen LogP contribution in [0.2, 0.25) is 0 Å². The maximum absolute atomic E-state index is 12.5. The fourth-order valence-electron chi connectivity index (χ4n) is 3.32. The summed E-state index contributed by atoms with van der Waals surface area (Å²) in [7, 11) is 0. The molecule has 148 valence electrons. The molecule has 7 nitrogen and oxygen atoms in total. The Bertz CT molecular complexity index is 1020. The largest absolute Gasteiger partial charge is 0.481 e. The van der Waals surface area contributed by atoms with Gasteiger partial charge >= 0.3 is 0 Å². The van der Waals surface area contributed by atoms with Crippen LogP contribution in [0.3, 0.4) is 0 Å². The van der Waals surface area contributed by atoms with Gasteiger partial charge in [0.15, 0.2) is 22.8 Å². The van der Waals surface area contributed by atoms with Crippen molar-refractivity contribution >= 4 is 34.2 Å². The molecule has 3 aliphatic heterocycles. The second kappa shape index (κ2) is 7.36. The zero-order valence-electron chi connectivity index (χ0n) is 15.8. The zero-order chi connectivity index (χ0) is 19.8. The minimum atomic E-state index is -0.660. The van der Waals surface area contributed by atoms with Crippen molar-refractivity contribution in [3.63, 3.8) is 0 Å². The number of hydrogen-bond donors (Lipinski definition) is 1. The standard InChI is InChI=1S/C21H19N3O4S/c1-13(28-16-6-7-18-19(10-16)27-12-26-18)20(25)23-15-4-2-14(3-5-15)17-11-29-21-22-8-9-24(17)21/h2-7,10-11,13H,8-9,12H2,1H3,(H,23,25). The molecule has 0 fully saturated rings. The number of thioether (sulfide) groups is 1. The highest BCUT2D eigenvalue weighted by Gasteiger charge is 2.27. The van der Waals surface area contributed by atoms with E-state index in [1.54, 1.807) is 36.9 Å². The summed E-state index contributed by atoms with van der Waals surface area (Å²) in [6, 6.07) is 13.1. The number of aliphatic imine (C=N–C) groups is 1. The van der Waals surface area contributed by atoms with Crippen LogP contribution in [0.5, 0.6) is 17.2 Å². The molecule has 5 rings (SSSR count). The quantitative estimate of drug-likeness (QED) is 0.815. The lowest BCUT2D eigenvalue weighted by molar-refractivity contribution is -0.122. The fourth-order valence-corrected chi connectivity index (χ4v) is 4.29. The van der Waals surface area contributed by atoms with Crippen LogP contribution in [0.25, 0.3) is 5.70 Å². The molecule has 3 aliphatic rings. The summed E-state index contributed by atoms with van der Waals surface area (Å²) >= 11 is 1.65. The molecule has 3 heterocycles. The van der Waals surface area contributed by atoms with Gasteiger partial charge < -0.3 is 24.4 Å². The number of carbonyl (C=O) groups is 1. The van der Waals surface area contributed by atoms with Gasteiger partial charge in [0.1, 0.15) is 5.75 Å². The lowest BCUT2D eigenvalue weighted by atomic mass is 10.1. The minimum absolute atomic E-state index is 0.201. The Morgan fingerprint density at radius 1 is 1.21 bits per heavy atom. The molecule has 29 heavy (non-hydrogen) atoms. The van der Waals surface area contributed by atoms with Gasteiger partial charge in [0.2, 0.25) is 6.79 Å². The Labute approximate surface area is 172 Å². The highest BCUT2D eigenvalue weighted by molar-refractivity contribution is 8.16. The van der Waals surface area contributed by atoms with Crippen LogP contribution in [-0.4, -0.2) is 42.0 Å². The number of amides is 1. The lowest BCUT2D eigenvalue weighted by Gasteiger charge is -2.17. The topological polar surface area (TPSA) is 72.4 Å². The summed E-state index contributed by atoms with van der Waals surface area (Å²) in [6.45, 7) is 3.67. The molecular formula is C21H19N3O4S. The van der Waals surface area contributed by atoms with Crippen molar-refractivity contribution in [2.45, 2.75) is 13.0 Å². The Morgan fingerprint density at radius 3 is 2.90 bits per heavy atom. The van der Waals surface area contributed by atoms with Gasteiger partial charge in [0.05, 0.1) is 12.2 Å². The van der Waals surface area contributed by atoms with Gasteiger partial charge in [0, 0.05) is 23.7 Å². The molecule has 0 radical (unpaired) electrons. The summed E-state index contributed by atoms with van der Waals surface area (Å²) in [4.78, 5) is 19.2. The number of nitrogens with one attached hydrogen (secondary N) is 1. The van der Waals surface area contributed by atoms with E-state index in [0.717, 1.165) is 35.2 Å². The first-order chi connectivity index (χ1) is 14.2. The molecule has 1 unspecified atom stereocenters. The van der Waals surface area contributed by atoms with E-state index in [1.165, 1.54) is 0 Å². The number of hydrogen-bond acceptors (Lipinski definition) is 7. The van der Waals surface area contributed by atoms with Crippen molar-refractivity contribution < 1.29 is 19.0 Å². The molecule has 2 aromatic carbocycles. The van der Waals surface area contributed by atoms with Crippen LogP contribution in [0.15, 0.2) is 52.9 Å². The van der Waals surface area contributed by atoms with Gasteiger partial charge in [-0.25, -0.2) is 0 Å². The number of rotatable bonds is 5. The van der Waals surface area contributed by atoms with Crippen LogP contribution in [-0.2, 0) is 4.79 Å². The summed E-state index contributed by atoms with van der Waals surface area (Å²) in [5.41, 5.74) is 2.98. The number of amidine groups is 1. The van der Waals surface area contributed by atoms with Crippen molar-refractivity contribution in [2.75, 3.05) is 25.2 Å². The number of carbonyl (C=O) groups excluding carboxylic acids is 1. The van der Waals surface area contributed by atoms with Gasteiger partial charge in [-0.2, -0.15) is 0 Å². The van der Waals surface area contributed by atoms with Crippen molar-refractivity contribution in [3.05, 3.63) is 53.4 Å². The maximum Gasteiger partial charge on any atom is 0.265 e. The van der Waals surface area contributed by atoms with E-state index in [-0.39, 0.29) is 12.7 Å². The van der Waals surface area contributed by atoms with E-state index in [0.29, 0.717) is 17.2 Å². The molecule has 0 saturated carbocycles. The molecule has 0 bridgehead atoms. The number of anilines is 1. The second-order valence-corrected chi connectivity index (χ2v) is 7.62. The lowest BCUT2D eigenvalue weighted by Crippen LogP contribution is -2.30. The number of benzene rings is 2. The Kier molecular flexibility index (Phi) is 4.55. The fraction of sp³-hybridized carbons (Fsp3) is 0.238. The third-order valence-corrected chi connectivity index (χ3v) is 5.74. The molecule has 1 amide bonds. The summed E-state index contributed by atoms with van der Waals surface area (Å²) in [6.07, 6.45) is -0.660. The SMILES string of the molecule is CC(Oc1ccc2c(c1)OCO2)C(=O)Nc1ccc(C2=CSC3=NCCN23)cc1. The second-order valence-electron chi connectivity index (χ2n) is 6.78. The third kappa shape index (κ3) is 3.51. The number of nitrogens with zero attached hydrogens (tertiary/aromatic N) is 2. The minimum Gasteiger partial charge on any atom is -0.481 e. The molecular weight excluding hydrogens is 390 g/mol. The van der Waals surface area contributed by atoms with Crippen molar-refractivity contribution in [2.24, 2.45) is 4.99 Å². The van der Waals surface area contributed by atoms with E-state index in [4.69, 9.17) is 14.2 Å². The first kappa shape index (κ1) is 17.9. The highest BCUT2D eigenvalue weighted by Crippen LogP contribution is 2.36. The first-order valence-electron chi connectivity index (χ1n) is 9.34. The van der Waals surface area contributed by atoms with E-state index < -0.39 is 6.10 Å². The van der Waals surface area contributed by atoms with E-state index in [1.807, 2.05) is 24.3 Å². The molecule has 8 heteroatoms. The average Bonchev–Trinajstić information content (AvgIpc) is 3.45. The van der Waals surface area contributed by atoms with Crippen LogP contribution < -0.4 is 19.5 Å². The molecule has 0 aliphatic carbocycles. The number of fused-ring (bicyclic) bond motifs is 2. The molecule has 0 aromatic heterocycles. The van der Waals surface area contributed by atoms with Crippen molar-refractivity contribution in [1.29, 1.82) is 0 Å². The van der Waals surface area contributed by atoms with Crippen molar-refractivity contribution in [3.8, 4) is 17.2 Å². The van der Waals surface area contributed by atoms with Crippen LogP contribution in [0.4, 0.5) is 5.69 Å². The van der Waals surface area contributed by atoms with E-state index in [2.05, 4.69) is 20.6 Å². The predicted molar refractivity (Wildman–Crippen MR) is 112 cm³/mol. The zero-order valence-corrected chi connectivity index (χ0v) is 16.6. The summed E-state index contributed by atoms with van der Waals surface area (Å²) in [5, 5.41) is 6.08. The van der Waals surface area contributed by atoms with Crippen LogP contribution in [0.1, 0.15) is 12.5 Å². The van der Waals surface area contributed by atoms with E-state index in [9.17, 15) is 4.79 Å². The normalized spacial score (nSPS) is 17.5. The Balaban J connectivity index is 1.21. The highest BCUT2D eigenvalue weighted by atomic mass is 32.2. The van der Waals surface area contributed by atoms with Gasteiger partial charge in [-0.3, -0.25) is 9.79 Å². The van der Waals surface area contributed by atoms with Crippen molar-refractivity contribution in [1.82, 2.24) is 4.90 Å². The van der Waals surface area contributed by atoms with Crippen LogP contribution >= 0.6 is 11.8 Å². The number of ether oxygens (including phenoxy) is 3. The van der Waals surface area contributed by atoms with Crippen LogP contribution in [0, 0.1) is 0 Å². The first-order valence-corrected chi connectivity index (χ1v) is 10.2. The van der Waals surface area contributed by atoms with E-state index >= 15 is 0 Å². The summed E-state index contributed by atoms with van der Waals surface area (Å²) in [5.74, 6) is 1.63. The maximum atomic E-state index is 12.5. The average molecular weight is 409 g/mol. The molecule has 0 saturated heterocycles. The smallest absolute Gasteiger partial charge is 0.265 e. The Morgan fingerprint density at radius 2 is 2.03 bits per heavy atom. The van der Waals surface area contributed by atoms with Gasteiger partial charge in [0.25, 0.3) is 5.91 Å². The summed E-state index contributed by atoms with van der Waals surface area (Å²) < 4.78 is 16.4. The predicted octanol–water partition coefficient (Wildman–Crippen LogP) is 3.54. The third-order valence-electron chi connectivity index (χ3n) is 4.84. The van der Waals surface area contributed by atoms with Gasteiger partial charge in [-0.15, -0.1) is 0 Å². The molecule has 0 spiro atoms. The molecule has 1 atom stereocenters. The Hall–Kier alpha value is -3.13. The van der Waals surface area contributed by atoms with Gasteiger partial charge in [-0.1, -0.05) is 23.9 Å². The molecule has 1 N–H and O–H groups in total. The van der Waals surface area contributed by atoms with Gasteiger partial charge in [-0.05, 0) is 36.8 Å².